The summed E-state index contributed by atoms with van der Waals surface area (Å²) in [5.74, 6) is 0.130. The fraction of sp³-hybridized carbons (Fsp3) is 0.154. The zero-order chi connectivity index (χ0) is 15.1. The van der Waals surface area contributed by atoms with Crippen molar-refractivity contribution in [2.24, 2.45) is 14.1 Å². The van der Waals surface area contributed by atoms with Crippen LogP contribution in [0.3, 0.4) is 0 Å². The molecule has 0 aliphatic rings. The molecule has 8 heteroatoms. The minimum Gasteiger partial charge on any atom is -0.384 e. The summed E-state index contributed by atoms with van der Waals surface area (Å²) in [4.78, 5) is 28.6. The van der Waals surface area contributed by atoms with Crippen LogP contribution >= 0.6 is 22.7 Å². The SMILES string of the molecule is Cn1c(N)c(-c2csc(-c3ccsc3)n2)c(=O)n(C)c1=O. The fourth-order valence-electron chi connectivity index (χ4n) is 2.01. The summed E-state index contributed by atoms with van der Waals surface area (Å²) in [6.45, 7) is 0. The number of nitrogen functional groups attached to an aromatic ring is 1. The number of nitrogens with two attached hydrogens (primary N) is 1. The average molecular weight is 320 g/mol. The van der Waals surface area contributed by atoms with Gasteiger partial charge in [0.15, 0.2) is 0 Å². The molecule has 6 nitrogen and oxygen atoms in total. The van der Waals surface area contributed by atoms with E-state index in [0.717, 1.165) is 15.1 Å². The highest BCUT2D eigenvalue weighted by Gasteiger charge is 2.18. The van der Waals surface area contributed by atoms with E-state index in [-0.39, 0.29) is 11.4 Å². The van der Waals surface area contributed by atoms with Crippen molar-refractivity contribution in [2.45, 2.75) is 0 Å². The van der Waals surface area contributed by atoms with Gasteiger partial charge in [0.1, 0.15) is 16.4 Å². The second-order valence-corrected chi connectivity index (χ2v) is 6.15. The van der Waals surface area contributed by atoms with E-state index in [9.17, 15) is 9.59 Å². The Kier molecular flexibility index (Phi) is 3.26. The Morgan fingerprint density at radius 2 is 1.95 bits per heavy atom. The van der Waals surface area contributed by atoms with Crippen LogP contribution in [0.4, 0.5) is 5.82 Å². The van der Waals surface area contributed by atoms with Crippen LogP contribution in [0.2, 0.25) is 0 Å². The van der Waals surface area contributed by atoms with E-state index < -0.39 is 11.2 Å². The van der Waals surface area contributed by atoms with Crippen LogP contribution in [-0.4, -0.2) is 14.1 Å². The van der Waals surface area contributed by atoms with Gasteiger partial charge in [0.25, 0.3) is 5.56 Å². The van der Waals surface area contributed by atoms with Gasteiger partial charge >= 0.3 is 5.69 Å². The summed E-state index contributed by atoms with van der Waals surface area (Å²) in [5, 5.41) is 6.56. The zero-order valence-corrected chi connectivity index (χ0v) is 13.0. The maximum atomic E-state index is 12.3. The Morgan fingerprint density at radius 1 is 1.19 bits per heavy atom. The number of aromatic nitrogens is 3. The lowest BCUT2D eigenvalue weighted by atomic mass is 10.2. The number of thiophene rings is 1. The van der Waals surface area contributed by atoms with Crippen LogP contribution in [0.1, 0.15) is 0 Å². The summed E-state index contributed by atoms with van der Waals surface area (Å²) in [7, 11) is 2.96. The van der Waals surface area contributed by atoms with Gasteiger partial charge in [-0.05, 0) is 11.4 Å². The Hall–Kier alpha value is -2.19. The largest absolute Gasteiger partial charge is 0.384 e. The summed E-state index contributed by atoms with van der Waals surface area (Å²) >= 11 is 3.02. The number of hydrogen-bond donors (Lipinski definition) is 1. The Balaban J connectivity index is 2.23. The lowest BCUT2D eigenvalue weighted by Gasteiger charge is -2.09. The first-order valence-corrected chi connectivity index (χ1v) is 7.87. The van der Waals surface area contributed by atoms with Crippen molar-refractivity contribution < 1.29 is 0 Å². The molecule has 0 aliphatic heterocycles. The molecule has 3 aromatic rings. The number of rotatable bonds is 2. The second-order valence-electron chi connectivity index (χ2n) is 4.52. The molecule has 3 heterocycles. The molecule has 0 atom stereocenters. The third-order valence-electron chi connectivity index (χ3n) is 3.24. The Morgan fingerprint density at radius 3 is 2.62 bits per heavy atom. The van der Waals surface area contributed by atoms with Crippen LogP contribution in [0.15, 0.2) is 31.8 Å². The highest BCUT2D eigenvalue weighted by Crippen LogP contribution is 2.30. The molecule has 0 unspecified atom stereocenters. The van der Waals surface area contributed by atoms with Gasteiger partial charge in [0, 0.05) is 30.4 Å². The predicted octanol–water partition coefficient (Wildman–Crippen LogP) is 1.52. The number of hydrogen-bond acceptors (Lipinski definition) is 6. The molecule has 2 N–H and O–H groups in total. The lowest BCUT2D eigenvalue weighted by Crippen LogP contribution is -2.39. The Labute approximate surface area is 127 Å². The van der Waals surface area contributed by atoms with E-state index in [1.165, 1.54) is 30.0 Å². The summed E-state index contributed by atoms with van der Waals surface area (Å²) < 4.78 is 2.29. The molecule has 0 saturated carbocycles. The molecule has 3 aromatic heterocycles. The van der Waals surface area contributed by atoms with Crippen molar-refractivity contribution in [3.8, 4) is 21.8 Å². The molecule has 0 saturated heterocycles. The van der Waals surface area contributed by atoms with E-state index >= 15 is 0 Å². The zero-order valence-electron chi connectivity index (χ0n) is 11.4. The molecule has 0 radical (unpaired) electrons. The number of nitrogens with zero attached hydrogens (tertiary/aromatic N) is 3. The van der Waals surface area contributed by atoms with Gasteiger partial charge < -0.3 is 5.73 Å². The summed E-state index contributed by atoms with van der Waals surface area (Å²) in [6.07, 6.45) is 0. The quantitative estimate of drug-likeness (QED) is 0.776. The molecular formula is C13H12N4O2S2. The molecule has 108 valence electrons. The third kappa shape index (κ3) is 2.12. The number of anilines is 1. The molecule has 3 rings (SSSR count). The van der Waals surface area contributed by atoms with Crippen molar-refractivity contribution >= 4 is 28.5 Å². The first-order valence-electron chi connectivity index (χ1n) is 6.04. The molecule has 0 aromatic carbocycles. The van der Waals surface area contributed by atoms with E-state index in [1.807, 2.05) is 16.8 Å². The molecule has 0 bridgehead atoms. The van der Waals surface area contributed by atoms with Gasteiger partial charge in [-0.2, -0.15) is 11.3 Å². The molecule has 0 fully saturated rings. The van der Waals surface area contributed by atoms with Gasteiger partial charge in [-0.15, -0.1) is 11.3 Å². The molecule has 0 spiro atoms. The van der Waals surface area contributed by atoms with Gasteiger partial charge in [-0.25, -0.2) is 9.78 Å². The van der Waals surface area contributed by atoms with Crippen molar-refractivity contribution in [2.75, 3.05) is 5.73 Å². The van der Waals surface area contributed by atoms with Crippen LogP contribution in [-0.2, 0) is 14.1 Å². The van der Waals surface area contributed by atoms with E-state index in [1.54, 1.807) is 16.7 Å². The first kappa shape index (κ1) is 13.8. The highest BCUT2D eigenvalue weighted by molar-refractivity contribution is 7.14. The van der Waals surface area contributed by atoms with Crippen LogP contribution in [0, 0.1) is 0 Å². The van der Waals surface area contributed by atoms with Gasteiger partial charge in [-0.1, -0.05) is 0 Å². The van der Waals surface area contributed by atoms with Gasteiger partial charge in [-0.3, -0.25) is 13.9 Å². The third-order valence-corrected chi connectivity index (χ3v) is 4.81. The van der Waals surface area contributed by atoms with Crippen molar-refractivity contribution in [1.29, 1.82) is 0 Å². The van der Waals surface area contributed by atoms with Gasteiger partial charge in [0.05, 0.1) is 5.69 Å². The first-order chi connectivity index (χ1) is 10.0. The van der Waals surface area contributed by atoms with Crippen molar-refractivity contribution in [1.82, 2.24) is 14.1 Å². The minimum atomic E-state index is -0.450. The van der Waals surface area contributed by atoms with Crippen molar-refractivity contribution in [3.05, 3.63) is 43.0 Å². The topological polar surface area (TPSA) is 82.9 Å². The Bertz CT molecular complexity index is 919. The van der Waals surface area contributed by atoms with Crippen molar-refractivity contribution in [3.63, 3.8) is 0 Å². The van der Waals surface area contributed by atoms with E-state index in [2.05, 4.69) is 4.98 Å². The summed E-state index contributed by atoms with van der Waals surface area (Å²) in [5.41, 5.74) is 6.81. The molecule has 0 amide bonds. The second kappa shape index (κ2) is 4.97. The highest BCUT2D eigenvalue weighted by atomic mass is 32.1. The number of thiazole rings is 1. The van der Waals surface area contributed by atoms with Crippen LogP contribution in [0.25, 0.3) is 21.8 Å². The van der Waals surface area contributed by atoms with E-state index in [4.69, 9.17) is 5.73 Å². The van der Waals surface area contributed by atoms with Crippen LogP contribution < -0.4 is 17.0 Å². The standard InChI is InChI=1S/C13H12N4O2S2/c1-16-10(14)9(12(18)17(2)13(16)19)8-6-21-11(15-8)7-3-4-20-5-7/h3-6H,14H2,1-2H3. The predicted molar refractivity (Wildman–Crippen MR) is 85.8 cm³/mol. The van der Waals surface area contributed by atoms with Gasteiger partial charge in [0.2, 0.25) is 0 Å². The van der Waals surface area contributed by atoms with E-state index in [0.29, 0.717) is 5.69 Å². The minimum absolute atomic E-state index is 0.130. The monoisotopic (exact) mass is 320 g/mol. The smallest absolute Gasteiger partial charge is 0.332 e. The molecule has 21 heavy (non-hydrogen) atoms. The molecule has 0 aliphatic carbocycles. The van der Waals surface area contributed by atoms with Crippen LogP contribution in [0.5, 0.6) is 0 Å². The lowest BCUT2D eigenvalue weighted by molar-refractivity contribution is 0.696. The summed E-state index contributed by atoms with van der Waals surface area (Å²) in [6, 6.07) is 1.97. The maximum Gasteiger partial charge on any atom is 0.332 e. The normalized spacial score (nSPS) is 11.0. The fourth-order valence-corrected chi connectivity index (χ4v) is 3.53. The maximum absolute atomic E-state index is 12.3. The molecular weight excluding hydrogens is 308 g/mol. The average Bonchev–Trinajstić information content (AvgIpc) is 3.14.